The zero-order valence-electron chi connectivity index (χ0n) is 33.2. The molecule has 286 valence electrons. The largest absolute Gasteiger partial charge is 0.455 e. The van der Waals surface area contributed by atoms with Crippen LogP contribution >= 0.6 is 0 Å². The third-order valence-corrected chi connectivity index (χ3v) is 12.2. The summed E-state index contributed by atoms with van der Waals surface area (Å²) >= 11 is 0. The van der Waals surface area contributed by atoms with Gasteiger partial charge in [0, 0.05) is 38.3 Å². The van der Waals surface area contributed by atoms with Gasteiger partial charge in [-0.15, -0.1) is 0 Å². The van der Waals surface area contributed by atoms with E-state index in [1.54, 1.807) is 0 Å². The number of anilines is 3. The molecule has 0 radical (unpaired) electrons. The Kier molecular flexibility index (Phi) is 8.17. The molecule has 10 aromatic carbocycles. The summed E-state index contributed by atoms with van der Waals surface area (Å²) in [7, 11) is 0. The minimum Gasteiger partial charge on any atom is -0.455 e. The van der Waals surface area contributed by atoms with Gasteiger partial charge >= 0.3 is 0 Å². The Labute approximate surface area is 353 Å². The zero-order chi connectivity index (χ0) is 40.3. The van der Waals surface area contributed by atoms with Crippen LogP contribution < -0.4 is 4.90 Å². The summed E-state index contributed by atoms with van der Waals surface area (Å²) in [5.41, 5.74) is 15.6. The van der Waals surface area contributed by atoms with Crippen molar-refractivity contribution in [2.75, 3.05) is 4.90 Å². The fraction of sp³-hybridized carbons (Fsp3) is 0. The van der Waals surface area contributed by atoms with E-state index in [4.69, 9.17) is 4.42 Å². The fourth-order valence-electron chi connectivity index (χ4n) is 9.32. The smallest absolute Gasteiger partial charge is 0.143 e. The third kappa shape index (κ3) is 5.82. The molecule has 0 fully saturated rings. The van der Waals surface area contributed by atoms with Crippen LogP contribution in [0.1, 0.15) is 0 Å². The SMILES string of the molecule is c1ccc(-c2ccc(-c3ccc(N(c4ccc(-c5cccc6oc7c8ccccc8ccc7c56)cc4)c4ccccc4-n4c5ccccc5c5ccccc54)cc3)cc2)cc1. The Bertz CT molecular complexity index is 3510. The first kappa shape index (κ1) is 34.9. The molecule has 0 unspecified atom stereocenters. The van der Waals surface area contributed by atoms with Crippen LogP contribution in [0.3, 0.4) is 0 Å². The van der Waals surface area contributed by atoms with Crippen molar-refractivity contribution in [1.29, 1.82) is 0 Å². The van der Waals surface area contributed by atoms with Crippen molar-refractivity contribution in [1.82, 2.24) is 4.57 Å². The van der Waals surface area contributed by atoms with E-state index in [1.165, 1.54) is 49.4 Å². The van der Waals surface area contributed by atoms with E-state index in [0.717, 1.165) is 61.2 Å². The minimum atomic E-state index is 0.893. The molecule has 2 aromatic heterocycles. The maximum Gasteiger partial charge on any atom is 0.143 e. The molecule has 3 heteroatoms. The average Bonchev–Trinajstić information content (AvgIpc) is 3.89. The molecule has 0 saturated heterocycles. The van der Waals surface area contributed by atoms with E-state index < -0.39 is 0 Å². The van der Waals surface area contributed by atoms with Gasteiger partial charge in [0.25, 0.3) is 0 Å². The maximum atomic E-state index is 6.57. The van der Waals surface area contributed by atoms with Crippen molar-refractivity contribution in [3.63, 3.8) is 0 Å². The van der Waals surface area contributed by atoms with E-state index in [1.807, 2.05) is 0 Å². The van der Waals surface area contributed by atoms with Crippen LogP contribution in [0.2, 0.25) is 0 Å². The van der Waals surface area contributed by atoms with Crippen molar-refractivity contribution in [2.24, 2.45) is 0 Å². The lowest BCUT2D eigenvalue weighted by Crippen LogP contribution is -2.13. The third-order valence-electron chi connectivity index (χ3n) is 12.2. The number of aromatic nitrogens is 1. The first-order valence-electron chi connectivity index (χ1n) is 20.8. The molecule has 0 bridgehead atoms. The molecular weight excluding hydrogens is 741 g/mol. The summed E-state index contributed by atoms with van der Waals surface area (Å²) in [4.78, 5) is 2.39. The highest BCUT2D eigenvalue weighted by molar-refractivity contribution is 6.19. The van der Waals surface area contributed by atoms with Crippen LogP contribution in [0, 0.1) is 0 Å². The van der Waals surface area contributed by atoms with Gasteiger partial charge in [0.05, 0.1) is 22.4 Å². The number of hydrogen-bond acceptors (Lipinski definition) is 2. The molecule has 61 heavy (non-hydrogen) atoms. The number of furan rings is 1. The summed E-state index contributed by atoms with van der Waals surface area (Å²) in [6, 6.07) is 82.9. The highest BCUT2D eigenvalue weighted by Gasteiger charge is 2.21. The van der Waals surface area contributed by atoms with Crippen LogP contribution in [0.15, 0.2) is 235 Å². The van der Waals surface area contributed by atoms with Gasteiger partial charge in [-0.2, -0.15) is 0 Å². The zero-order valence-corrected chi connectivity index (χ0v) is 33.2. The van der Waals surface area contributed by atoms with Crippen LogP contribution in [-0.2, 0) is 0 Å². The van der Waals surface area contributed by atoms with Crippen molar-refractivity contribution in [3.05, 3.63) is 231 Å². The molecule has 0 N–H and O–H groups in total. The van der Waals surface area contributed by atoms with Crippen LogP contribution in [-0.4, -0.2) is 4.57 Å². The summed E-state index contributed by atoms with van der Waals surface area (Å²) in [5, 5.41) is 7.04. The molecule has 12 aromatic rings. The Morgan fingerprint density at radius 2 is 0.869 bits per heavy atom. The number of hydrogen-bond donors (Lipinski definition) is 0. The second kappa shape index (κ2) is 14.3. The van der Waals surface area contributed by atoms with Gasteiger partial charge in [0.1, 0.15) is 11.2 Å². The van der Waals surface area contributed by atoms with E-state index in [-0.39, 0.29) is 0 Å². The average molecular weight is 779 g/mol. The molecule has 0 spiro atoms. The fourth-order valence-corrected chi connectivity index (χ4v) is 9.32. The van der Waals surface area contributed by atoms with Crippen LogP contribution in [0.25, 0.3) is 93.6 Å². The summed E-state index contributed by atoms with van der Waals surface area (Å²) < 4.78 is 8.99. The molecule has 12 rings (SSSR count). The molecule has 0 aliphatic rings. The molecular formula is C58H38N2O. The number of nitrogens with zero attached hydrogens (tertiary/aromatic N) is 2. The maximum absolute atomic E-state index is 6.57. The number of fused-ring (bicyclic) bond motifs is 8. The topological polar surface area (TPSA) is 21.3 Å². The van der Waals surface area contributed by atoms with E-state index in [0.29, 0.717) is 0 Å². The number of para-hydroxylation sites is 4. The lowest BCUT2D eigenvalue weighted by Gasteiger charge is -2.28. The Hall–Kier alpha value is -8.14. The van der Waals surface area contributed by atoms with Gasteiger partial charge in [0.2, 0.25) is 0 Å². The monoisotopic (exact) mass is 778 g/mol. The van der Waals surface area contributed by atoms with Crippen molar-refractivity contribution in [2.45, 2.75) is 0 Å². The van der Waals surface area contributed by atoms with Crippen molar-refractivity contribution in [3.8, 4) is 39.1 Å². The van der Waals surface area contributed by atoms with Crippen molar-refractivity contribution < 1.29 is 4.42 Å². The first-order valence-corrected chi connectivity index (χ1v) is 20.8. The van der Waals surface area contributed by atoms with Gasteiger partial charge in [0.15, 0.2) is 0 Å². The molecule has 0 aliphatic heterocycles. The highest BCUT2D eigenvalue weighted by atomic mass is 16.3. The molecule has 0 atom stereocenters. The summed E-state index contributed by atoms with van der Waals surface area (Å²) in [6.07, 6.45) is 0. The minimum absolute atomic E-state index is 0.893. The summed E-state index contributed by atoms with van der Waals surface area (Å²) in [6.45, 7) is 0. The Morgan fingerprint density at radius 3 is 1.54 bits per heavy atom. The second-order valence-electron chi connectivity index (χ2n) is 15.7. The molecule has 2 heterocycles. The van der Waals surface area contributed by atoms with E-state index in [2.05, 4.69) is 240 Å². The van der Waals surface area contributed by atoms with Crippen LogP contribution in [0.5, 0.6) is 0 Å². The molecule has 3 nitrogen and oxygen atoms in total. The van der Waals surface area contributed by atoms with Gasteiger partial charge in [-0.3, -0.25) is 0 Å². The van der Waals surface area contributed by atoms with E-state index in [9.17, 15) is 0 Å². The quantitative estimate of drug-likeness (QED) is 0.161. The molecule has 0 amide bonds. The predicted octanol–water partition coefficient (Wildman–Crippen LogP) is 16.3. The predicted molar refractivity (Wildman–Crippen MR) is 257 cm³/mol. The normalized spacial score (nSPS) is 11.6. The van der Waals surface area contributed by atoms with Gasteiger partial charge in [-0.05, 0) is 99.4 Å². The highest BCUT2D eigenvalue weighted by Crippen LogP contribution is 2.44. The standard InChI is InChI=1S/C58H38N2O/c1-2-13-39(14-3-1)40-25-27-41(28-26-40)42-29-34-45(35-30-42)59(54-22-10-11-23-55(54)60-52-20-8-6-17-49(52)50-18-7-9-21-53(50)60)46-36-31-44(32-37-46)47-19-12-24-56-57(47)51-38-33-43-15-4-5-16-48(43)58(51)61-56/h1-38H. The van der Waals surface area contributed by atoms with Gasteiger partial charge in [-0.1, -0.05) is 170 Å². The second-order valence-corrected chi connectivity index (χ2v) is 15.7. The lowest BCUT2D eigenvalue weighted by molar-refractivity contribution is 0.673. The molecule has 0 aliphatic carbocycles. The number of benzene rings is 10. The number of rotatable bonds is 7. The van der Waals surface area contributed by atoms with Crippen molar-refractivity contribution >= 4 is 71.6 Å². The Balaban J connectivity index is 1.000. The summed E-state index contributed by atoms with van der Waals surface area (Å²) in [5.74, 6) is 0. The molecule has 0 saturated carbocycles. The lowest BCUT2D eigenvalue weighted by atomic mass is 9.98. The Morgan fingerprint density at radius 1 is 0.344 bits per heavy atom. The van der Waals surface area contributed by atoms with E-state index >= 15 is 0 Å². The van der Waals surface area contributed by atoms with Gasteiger partial charge < -0.3 is 13.9 Å². The first-order chi connectivity index (χ1) is 30.3. The van der Waals surface area contributed by atoms with Gasteiger partial charge in [-0.25, -0.2) is 0 Å². The van der Waals surface area contributed by atoms with Crippen LogP contribution in [0.4, 0.5) is 17.1 Å².